The van der Waals surface area contributed by atoms with Gasteiger partial charge in [0.2, 0.25) is 5.95 Å². The van der Waals surface area contributed by atoms with Gasteiger partial charge in [0.25, 0.3) is 5.91 Å². The number of H-pyrrole nitrogens is 1. The molecule has 0 bridgehead atoms. The van der Waals surface area contributed by atoms with Gasteiger partial charge in [0.1, 0.15) is 0 Å². The maximum atomic E-state index is 13.1. The van der Waals surface area contributed by atoms with Gasteiger partial charge in [-0.1, -0.05) is 25.1 Å². The molecule has 1 unspecified atom stereocenters. The summed E-state index contributed by atoms with van der Waals surface area (Å²) in [5, 5.41) is 7.07. The Morgan fingerprint density at radius 1 is 1.22 bits per heavy atom. The number of hydrogen-bond donors (Lipinski definition) is 1. The predicted molar refractivity (Wildman–Crippen MR) is 123 cm³/mol. The minimum Gasteiger partial charge on any atom is -0.336 e. The Balaban J connectivity index is 1.30. The number of benzene rings is 1. The van der Waals surface area contributed by atoms with Crippen LogP contribution in [0.5, 0.6) is 0 Å². The van der Waals surface area contributed by atoms with Gasteiger partial charge in [0.05, 0.1) is 17.9 Å². The number of amides is 1. The highest BCUT2D eigenvalue weighted by atomic mass is 19.1. The first kappa shape index (κ1) is 22.2. The molecule has 5 nitrogen and oxygen atoms in total. The van der Waals surface area contributed by atoms with Gasteiger partial charge in [-0.05, 0) is 85.8 Å². The zero-order valence-electron chi connectivity index (χ0n) is 19.0. The number of aromatic nitrogens is 3. The van der Waals surface area contributed by atoms with Gasteiger partial charge < -0.3 is 4.90 Å². The number of carbonyl (C=O) groups excluding carboxylic acids is 1. The average Bonchev–Trinajstić information content (AvgIpc) is 3.42. The number of nitrogens with zero attached hydrogens (tertiary/aromatic N) is 3. The summed E-state index contributed by atoms with van der Waals surface area (Å²) in [6, 6.07) is 13.3. The third-order valence-corrected chi connectivity index (χ3v) is 6.80. The highest BCUT2D eigenvalue weighted by Crippen LogP contribution is 2.41. The second-order valence-corrected chi connectivity index (χ2v) is 9.24. The van der Waals surface area contributed by atoms with Crippen molar-refractivity contribution in [2.24, 2.45) is 11.8 Å². The zero-order valence-corrected chi connectivity index (χ0v) is 19.0. The second kappa shape index (κ2) is 9.63. The fraction of sp³-hybridized carbons (Fsp3) is 0.423. The number of aromatic amines is 1. The van der Waals surface area contributed by atoms with E-state index in [0.29, 0.717) is 29.9 Å². The molecule has 1 aromatic carbocycles. The van der Waals surface area contributed by atoms with Gasteiger partial charge in [-0.2, -0.15) is 9.49 Å². The largest absolute Gasteiger partial charge is 0.336 e. The fourth-order valence-electron chi connectivity index (χ4n) is 4.90. The van der Waals surface area contributed by atoms with Gasteiger partial charge >= 0.3 is 0 Å². The van der Waals surface area contributed by atoms with Crippen LogP contribution >= 0.6 is 0 Å². The van der Waals surface area contributed by atoms with Crippen molar-refractivity contribution in [2.75, 3.05) is 7.05 Å². The molecule has 3 aromatic rings. The lowest BCUT2D eigenvalue weighted by Crippen LogP contribution is -2.26. The Kier molecular flexibility index (Phi) is 6.68. The minimum absolute atomic E-state index is 0.00599. The van der Waals surface area contributed by atoms with Crippen molar-refractivity contribution in [1.29, 1.82) is 0 Å². The molecule has 0 spiro atoms. The molecule has 1 fully saturated rings. The third kappa shape index (κ3) is 5.23. The molecule has 2 heterocycles. The van der Waals surface area contributed by atoms with E-state index in [1.165, 1.54) is 30.9 Å². The van der Waals surface area contributed by atoms with E-state index < -0.39 is 5.95 Å². The van der Waals surface area contributed by atoms with Crippen LogP contribution in [0.3, 0.4) is 0 Å². The summed E-state index contributed by atoms with van der Waals surface area (Å²) < 4.78 is 13.1. The standard InChI is InChI=1S/C26H31FN4O/c1-17-12-24(30-29-17)16-31(3)26(32)21-7-4-19(5-8-21)13-20-6-9-22(14-20)18(2)23-10-11-25(27)28-15-23/h4-5,7-8,10-12,15,18,20,22H,6,9,13-14,16H2,1-3H3,(H,29,30)/t18-,20?,22-/m0/s1. The van der Waals surface area contributed by atoms with Crippen molar-refractivity contribution in [3.63, 3.8) is 0 Å². The van der Waals surface area contributed by atoms with Crippen molar-refractivity contribution in [3.8, 4) is 0 Å². The molecular weight excluding hydrogens is 403 g/mol. The Morgan fingerprint density at radius 2 is 2.00 bits per heavy atom. The molecule has 1 saturated carbocycles. The Labute approximate surface area is 189 Å². The van der Waals surface area contributed by atoms with E-state index in [1.807, 2.05) is 38.2 Å². The number of nitrogens with one attached hydrogen (secondary N) is 1. The zero-order chi connectivity index (χ0) is 22.7. The van der Waals surface area contributed by atoms with E-state index in [1.54, 1.807) is 11.1 Å². The van der Waals surface area contributed by atoms with E-state index in [-0.39, 0.29) is 5.91 Å². The van der Waals surface area contributed by atoms with Crippen LogP contribution in [0.2, 0.25) is 0 Å². The van der Waals surface area contributed by atoms with Gasteiger partial charge in [0.15, 0.2) is 0 Å². The number of aryl methyl sites for hydroxylation is 1. The molecule has 4 rings (SSSR count). The molecule has 6 heteroatoms. The number of pyridine rings is 1. The van der Waals surface area contributed by atoms with E-state index in [0.717, 1.165) is 23.4 Å². The molecule has 2 aromatic heterocycles. The number of hydrogen-bond acceptors (Lipinski definition) is 3. The Bertz CT molecular complexity index is 1040. The van der Waals surface area contributed by atoms with Gasteiger partial charge in [-0.15, -0.1) is 0 Å². The van der Waals surface area contributed by atoms with Crippen molar-refractivity contribution < 1.29 is 9.18 Å². The fourth-order valence-corrected chi connectivity index (χ4v) is 4.90. The van der Waals surface area contributed by atoms with E-state index >= 15 is 0 Å². The molecule has 1 N–H and O–H groups in total. The van der Waals surface area contributed by atoms with Crippen molar-refractivity contribution in [3.05, 3.63) is 82.7 Å². The third-order valence-electron chi connectivity index (χ3n) is 6.80. The van der Waals surface area contributed by atoms with Gasteiger partial charge in [0, 0.05) is 18.8 Å². The molecule has 1 aliphatic rings. The molecule has 1 amide bonds. The lowest BCUT2D eigenvalue weighted by molar-refractivity contribution is 0.0783. The first-order valence-electron chi connectivity index (χ1n) is 11.4. The SMILES string of the molecule is Cc1cc(CN(C)C(=O)c2ccc(CC3CC[C@H]([C@H](C)c4ccc(F)nc4)C3)cc2)[nH]n1. The van der Waals surface area contributed by atoms with Crippen LogP contribution < -0.4 is 0 Å². The summed E-state index contributed by atoms with van der Waals surface area (Å²) in [6.45, 7) is 4.66. The molecule has 0 aliphatic heterocycles. The highest BCUT2D eigenvalue weighted by molar-refractivity contribution is 5.94. The molecule has 0 saturated heterocycles. The average molecular weight is 435 g/mol. The summed E-state index contributed by atoms with van der Waals surface area (Å²) in [4.78, 5) is 18.3. The van der Waals surface area contributed by atoms with E-state index in [2.05, 4.69) is 34.2 Å². The van der Waals surface area contributed by atoms with E-state index in [9.17, 15) is 9.18 Å². The summed E-state index contributed by atoms with van der Waals surface area (Å²) in [7, 11) is 1.81. The van der Waals surface area contributed by atoms with Crippen LogP contribution in [-0.4, -0.2) is 33.0 Å². The Hall–Kier alpha value is -3.02. The smallest absolute Gasteiger partial charge is 0.253 e. The molecule has 168 valence electrons. The molecular formula is C26H31FN4O. The van der Waals surface area contributed by atoms with Crippen LogP contribution in [0.25, 0.3) is 0 Å². The number of rotatable bonds is 7. The van der Waals surface area contributed by atoms with Crippen molar-refractivity contribution in [1.82, 2.24) is 20.1 Å². The lowest BCUT2D eigenvalue weighted by atomic mass is 9.86. The Morgan fingerprint density at radius 3 is 2.66 bits per heavy atom. The minimum atomic E-state index is -0.422. The second-order valence-electron chi connectivity index (χ2n) is 9.24. The normalized spacial score (nSPS) is 19.1. The van der Waals surface area contributed by atoms with Crippen LogP contribution in [0.4, 0.5) is 4.39 Å². The predicted octanol–water partition coefficient (Wildman–Crippen LogP) is 5.29. The van der Waals surface area contributed by atoms with Crippen molar-refractivity contribution >= 4 is 5.91 Å². The highest BCUT2D eigenvalue weighted by Gasteiger charge is 2.29. The molecule has 32 heavy (non-hydrogen) atoms. The molecule has 1 aliphatic carbocycles. The summed E-state index contributed by atoms with van der Waals surface area (Å²) in [6.07, 6.45) is 6.27. The number of carbonyl (C=O) groups is 1. The maximum absolute atomic E-state index is 13.1. The lowest BCUT2D eigenvalue weighted by Gasteiger charge is -2.20. The van der Waals surface area contributed by atoms with Gasteiger partial charge in [-0.25, -0.2) is 4.98 Å². The first-order valence-corrected chi connectivity index (χ1v) is 11.4. The van der Waals surface area contributed by atoms with Crippen LogP contribution in [0.15, 0.2) is 48.7 Å². The number of halogens is 1. The van der Waals surface area contributed by atoms with Crippen LogP contribution in [0, 0.1) is 24.7 Å². The summed E-state index contributed by atoms with van der Waals surface area (Å²) in [5.74, 6) is 1.22. The van der Waals surface area contributed by atoms with Crippen LogP contribution in [-0.2, 0) is 13.0 Å². The monoisotopic (exact) mass is 434 g/mol. The molecule has 3 atom stereocenters. The van der Waals surface area contributed by atoms with Crippen molar-refractivity contribution in [2.45, 2.75) is 52.0 Å². The van der Waals surface area contributed by atoms with Crippen LogP contribution in [0.1, 0.15) is 65.0 Å². The summed E-state index contributed by atoms with van der Waals surface area (Å²) >= 11 is 0. The quantitative estimate of drug-likeness (QED) is 0.514. The van der Waals surface area contributed by atoms with Gasteiger partial charge in [-0.3, -0.25) is 9.89 Å². The maximum Gasteiger partial charge on any atom is 0.253 e. The summed E-state index contributed by atoms with van der Waals surface area (Å²) in [5.41, 5.74) is 4.94. The topological polar surface area (TPSA) is 61.9 Å². The first-order chi connectivity index (χ1) is 15.4. The van der Waals surface area contributed by atoms with E-state index in [4.69, 9.17) is 0 Å². The molecule has 0 radical (unpaired) electrons.